The molecule has 9 heteroatoms. The maximum Gasteiger partial charge on any atom is 0 e. The van der Waals surface area contributed by atoms with Crippen LogP contribution in [0.3, 0.4) is 0 Å². The molecule has 0 aliphatic carbocycles. The van der Waals surface area contributed by atoms with Crippen LogP contribution in [0.1, 0.15) is 20.8 Å². The van der Waals surface area contributed by atoms with Crippen LogP contribution in [0, 0.1) is 6.42 Å². The Labute approximate surface area is 290 Å². The van der Waals surface area contributed by atoms with E-state index in [2.05, 4.69) is 0 Å². The summed E-state index contributed by atoms with van der Waals surface area (Å²) in [6, 6.07) is 0. The van der Waals surface area contributed by atoms with Gasteiger partial charge in [-0.15, -0.1) is 0 Å². The van der Waals surface area contributed by atoms with Crippen molar-refractivity contribution in [2.24, 2.45) is 0 Å². The van der Waals surface area contributed by atoms with E-state index >= 15 is 0 Å². The molecule has 0 aromatic rings. The fourth-order valence-electron chi connectivity index (χ4n) is 0. The van der Waals surface area contributed by atoms with Crippen LogP contribution >= 0.6 is 0 Å². The molecule has 14 heavy (non-hydrogen) atoms. The van der Waals surface area contributed by atoms with Crippen molar-refractivity contribution in [1.82, 2.24) is 0 Å². The van der Waals surface area contributed by atoms with Crippen LogP contribution < -0.4 is 0 Å². The zero-order valence-corrected chi connectivity index (χ0v) is 31.8. The third-order valence-corrected chi connectivity index (χ3v) is 0. The number of rotatable bonds is 0. The minimum absolute atomic E-state index is 0. The average molecular weight is 797 g/mol. The average Bonchev–Trinajstić information content (AvgIpc) is 1.39. The van der Waals surface area contributed by atoms with Gasteiger partial charge in [-0.2, -0.15) is 20.8 Å². The fourth-order valence-corrected chi connectivity index (χ4v) is 0. The molecule has 8 radical (unpaired) electrons. The Bertz CT molecular complexity index is 31.7. The maximum absolute atomic E-state index is 8.68. The van der Waals surface area contributed by atoms with E-state index in [1.807, 2.05) is 20.3 Å². The molecule has 0 spiro atoms. The number of carbonyl (C=O) groups excluding carboxylic acids is 1. The van der Waals surface area contributed by atoms with Crippen molar-refractivity contribution in [2.45, 2.75) is 20.8 Å². The van der Waals surface area contributed by atoms with Gasteiger partial charge in [0.15, 0.2) is 0 Å². The molecule has 0 saturated carbocycles. The summed E-state index contributed by atoms with van der Waals surface area (Å²) in [5.41, 5.74) is 0. The van der Waals surface area contributed by atoms with Gasteiger partial charge in [-0.25, -0.2) is 0 Å². The van der Waals surface area contributed by atoms with Crippen molar-refractivity contribution in [2.75, 3.05) is 0 Å². The van der Waals surface area contributed by atoms with Gasteiger partial charge in [0.2, 0.25) is 0 Å². The van der Waals surface area contributed by atoms with Crippen LogP contribution in [-0.2, 0) is 266 Å². The largest absolute Gasteiger partial charge is 0.542 e. The predicted molar refractivity (Wildman–Crippen MR) is 27.0 cm³/mol. The van der Waals surface area contributed by atoms with Crippen LogP contribution in [0.5, 0.6) is 0 Å². The van der Waals surface area contributed by atoms with Crippen molar-refractivity contribution in [3.05, 3.63) is 6.42 Å². The number of hydrogen-bond donors (Lipinski definition) is 0. The van der Waals surface area contributed by atoms with Gasteiger partial charge in [-0.3, -0.25) is 6.29 Å². The van der Waals surface area contributed by atoms with Crippen molar-refractivity contribution in [3.63, 3.8) is 0 Å². The molecule has 0 aliphatic heterocycles. The molecule has 62 valence electrons. The van der Waals surface area contributed by atoms with Crippen molar-refractivity contribution in [1.29, 1.82) is 0 Å². The second-order valence-electron chi connectivity index (χ2n) is 0.781. The van der Waals surface area contributed by atoms with E-state index in [-0.39, 0.29) is 262 Å². The first-order valence-corrected chi connectivity index (χ1v) is 1.86. The summed E-state index contributed by atoms with van der Waals surface area (Å²) in [6.45, 7) is 5.32. The summed E-state index contributed by atoms with van der Waals surface area (Å²) in [4.78, 5) is 8.68. The standard InChI is InChI=1S/C3H7.C2H3O.8Y/c1-3-2;1-2-3;;;;;;;;/h3H,1-2H3;1H3;;;;;;;;/q2*-1;;;;;;;;. The molecule has 0 bridgehead atoms. The topological polar surface area (TPSA) is 17.1 Å². The molecule has 0 atom stereocenters. The summed E-state index contributed by atoms with van der Waals surface area (Å²) < 4.78 is 0. The predicted octanol–water partition coefficient (Wildman–Crippen LogP) is 1.33. The summed E-state index contributed by atoms with van der Waals surface area (Å²) in [5.74, 6) is 0. The Kier molecular flexibility index (Phi) is 390. The van der Waals surface area contributed by atoms with Gasteiger partial charge in [-0.1, -0.05) is 0 Å². The molecular weight excluding hydrogens is 787 g/mol. The summed E-state index contributed by atoms with van der Waals surface area (Å²) in [6.07, 6.45) is 3.50. The first-order chi connectivity index (χ1) is 2.83. The van der Waals surface area contributed by atoms with E-state index in [9.17, 15) is 0 Å². The molecule has 0 N–H and O–H groups in total. The summed E-state index contributed by atoms with van der Waals surface area (Å²) in [7, 11) is 0. The molecule has 0 unspecified atom stereocenters. The van der Waals surface area contributed by atoms with E-state index in [1.165, 1.54) is 13.2 Å². The van der Waals surface area contributed by atoms with E-state index in [1.54, 1.807) is 0 Å². The van der Waals surface area contributed by atoms with Crippen molar-refractivity contribution in [3.8, 4) is 0 Å². The zero-order valence-electron chi connectivity index (χ0n) is 9.10. The molecule has 0 saturated heterocycles. The molecule has 0 aromatic heterocycles. The van der Waals surface area contributed by atoms with E-state index in [4.69, 9.17) is 4.79 Å². The van der Waals surface area contributed by atoms with Gasteiger partial charge in [0.25, 0.3) is 0 Å². The normalized spacial score (nSPS) is 2.21. The quantitative estimate of drug-likeness (QED) is 0.339. The maximum atomic E-state index is 8.68. The Morgan fingerprint density at radius 3 is 0.714 bits per heavy atom. The zero-order chi connectivity index (χ0) is 5.41. The monoisotopic (exact) mass is 797 g/mol. The Hall–Kier alpha value is 8.50. The summed E-state index contributed by atoms with van der Waals surface area (Å²) >= 11 is 0. The third kappa shape index (κ3) is 108. The van der Waals surface area contributed by atoms with Crippen LogP contribution in [0.2, 0.25) is 0 Å². The van der Waals surface area contributed by atoms with Crippen LogP contribution in [0.4, 0.5) is 0 Å². The Morgan fingerprint density at radius 1 is 0.714 bits per heavy atom. The van der Waals surface area contributed by atoms with Crippen LogP contribution in [0.25, 0.3) is 0 Å². The van der Waals surface area contributed by atoms with Crippen LogP contribution in [-0.4, -0.2) is 6.29 Å². The third-order valence-electron chi connectivity index (χ3n) is 0. The van der Waals surface area contributed by atoms with Gasteiger partial charge in [-0.05, 0) is 0 Å². The minimum Gasteiger partial charge on any atom is -0.542 e. The Morgan fingerprint density at radius 2 is 0.714 bits per heavy atom. The van der Waals surface area contributed by atoms with Gasteiger partial charge < -0.3 is 11.2 Å². The number of hydrogen-bond acceptors (Lipinski definition) is 1. The second-order valence-corrected chi connectivity index (χ2v) is 0.781. The fraction of sp³-hybridized carbons (Fsp3) is 0.600. The summed E-state index contributed by atoms with van der Waals surface area (Å²) in [5, 5.41) is 0. The van der Waals surface area contributed by atoms with Crippen molar-refractivity contribution >= 4 is 6.29 Å². The first-order valence-electron chi connectivity index (χ1n) is 1.86. The second kappa shape index (κ2) is 81.9. The molecule has 0 aliphatic rings. The van der Waals surface area contributed by atoms with E-state index < -0.39 is 0 Å². The van der Waals surface area contributed by atoms with E-state index in [0.29, 0.717) is 0 Å². The van der Waals surface area contributed by atoms with Gasteiger partial charge in [0.05, 0.1) is 0 Å². The molecule has 0 amide bonds. The first kappa shape index (κ1) is 66.6. The molecule has 0 rings (SSSR count). The smallest absolute Gasteiger partial charge is 0 e. The molecular formula is C5H10OY8-2. The molecule has 0 heterocycles. The molecule has 1 nitrogen and oxygen atoms in total. The van der Waals surface area contributed by atoms with Crippen LogP contribution in [0.15, 0.2) is 0 Å². The minimum atomic E-state index is 0. The van der Waals surface area contributed by atoms with Gasteiger partial charge >= 0.3 is 0 Å². The van der Waals surface area contributed by atoms with Gasteiger partial charge in [0, 0.05) is 262 Å². The van der Waals surface area contributed by atoms with Gasteiger partial charge in [0.1, 0.15) is 0 Å². The molecule has 0 aromatic carbocycles. The Balaban J connectivity index is -0.00000000182. The van der Waals surface area contributed by atoms with Crippen molar-refractivity contribution < 1.29 is 266 Å². The van der Waals surface area contributed by atoms with E-state index in [0.717, 1.165) is 0 Å². The molecule has 0 fully saturated rings. The SMILES string of the molecule is C[C-]=O.C[CH-]C.[Y].[Y].[Y].[Y].[Y].[Y].[Y].[Y].